The summed E-state index contributed by atoms with van der Waals surface area (Å²) in [6.07, 6.45) is -1.20. The third-order valence-electron chi connectivity index (χ3n) is 5.66. The summed E-state index contributed by atoms with van der Waals surface area (Å²) in [4.78, 5) is 45.3. The minimum atomic E-state index is -1.20. The van der Waals surface area contributed by atoms with Gasteiger partial charge in [0.15, 0.2) is 5.78 Å². The van der Waals surface area contributed by atoms with E-state index in [4.69, 9.17) is 23.2 Å². The van der Waals surface area contributed by atoms with Crippen molar-refractivity contribution in [3.8, 4) is 0 Å². The summed E-state index contributed by atoms with van der Waals surface area (Å²) < 4.78 is 0. The van der Waals surface area contributed by atoms with Gasteiger partial charge in [-0.05, 0) is 31.2 Å². The van der Waals surface area contributed by atoms with E-state index in [2.05, 4.69) is 10.3 Å². The average Bonchev–Trinajstić information content (AvgIpc) is 2.96. The predicted molar refractivity (Wildman–Crippen MR) is 134 cm³/mol. The molecule has 2 atom stereocenters. The minimum absolute atomic E-state index is 0.218. The third-order valence-corrected chi connectivity index (χ3v) is 6.40. The average molecular weight is 494 g/mol. The lowest BCUT2D eigenvalue weighted by atomic mass is 9.98. The van der Waals surface area contributed by atoms with Gasteiger partial charge in [0.05, 0.1) is 27.4 Å². The van der Waals surface area contributed by atoms with Gasteiger partial charge in [-0.2, -0.15) is 0 Å². The molecular weight excluding hydrogens is 473 g/mol. The van der Waals surface area contributed by atoms with Crippen molar-refractivity contribution < 1.29 is 14.4 Å². The van der Waals surface area contributed by atoms with Gasteiger partial charge in [-0.15, -0.1) is 0 Å². The van der Waals surface area contributed by atoms with E-state index in [0.29, 0.717) is 16.4 Å². The number of fused-ring (bicyclic) bond motifs is 1. The first kappa shape index (κ1) is 23.7. The Kier molecular flexibility index (Phi) is 6.82. The number of carbonyl (C=O) groups is 3. The Morgan fingerprint density at radius 1 is 0.971 bits per heavy atom. The normalized spacial score (nSPS) is 16.2. The number of halogens is 2. The summed E-state index contributed by atoms with van der Waals surface area (Å²) in [5.41, 5.74) is 3.06. The number of ketones is 1. The molecule has 0 fully saturated rings. The number of nitrogens with one attached hydrogen (secondary N) is 1. The number of para-hydroxylation sites is 1. The molecule has 0 bridgehead atoms. The van der Waals surface area contributed by atoms with Crippen LogP contribution < -0.4 is 10.2 Å². The number of hydrogen-bond donors (Lipinski definition) is 1. The van der Waals surface area contributed by atoms with Gasteiger partial charge in [0.1, 0.15) is 0 Å². The van der Waals surface area contributed by atoms with Gasteiger partial charge in [-0.25, -0.2) is 4.99 Å². The van der Waals surface area contributed by atoms with Crippen molar-refractivity contribution in [2.45, 2.75) is 13.1 Å². The molecule has 1 heterocycles. The third kappa shape index (κ3) is 4.60. The number of nitrogens with zero attached hydrogens (tertiary/aromatic N) is 2. The van der Waals surface area contributed by atoms with Gasteiger partial charge in [0, 0.05) is 23.7 Å². The molecule has 0 saturated carbocycles. The number of hydrogen-bond acceptors (Lipinski definition) is 4. The largest absolute Gasteiger partial charge is 0.326 e. The van der Waals surface area contributed by atoms with E-state index in [1.807, 2.05) is 54.6 Å². The number of anilines is 1. The van der Waals surface area contributed by atoms with Crippen LogP contribution in [0.3, 0.4) is 0 Å². The van der Waals surface area contributed by atoms with Crippen LogP contribution >= 0.6 is 23.2 Å². The highest BCUT2D eigenvalue weighted by molar-refractivity contribution is 6.42. The Hall–Kier alpha value is -3.48. The molecule has 4 rings (SSSR count). The zero-order valence-electron chi connectivity index (χ0n) is 18.5. The summed E-state index contributed by atoms with van der Waals surface area (Å²) >= 11 is 11.9. The number of likely N-dealkylation sites (N-methyl/N-ethyl adjacent to an activating group) is 1. The van der Waals surface area contributed by atoms with Crippen LogP contribution in [0.25, 0.3) is 0 Å². The first-order valence-corrected chi connectivity index (χ1v) is 11.3. The number of benzodiazepines with no additional fused rings is 1. The number of rotatable bonds is 5. The maximum absolute atomic E-state index is 13.3. The van der Waals surface area contributed by atoms with Crippen molar-refractivity contribution >= 4 is 52.2 Å². The van der Waals surface area contributed by atoms with Crippen LogP contribution in [0.4, 0.5) is 5.69 Å². The Morgan fingerprint density at radius 3 is 2.35 bits per heavy atom. The van der Waals surface area contributed by atoms with E-state index in [1.165, 1.54) is 30.0 Å². The molecule has 1 unspecified atom stereocenters. The second-order valence-corrected chi connectivity index (χ2v) is 8.70. The summed E-state index contributed by atoms with van der Waals surface area (Å²) in [5.74, 6) is -2.55. The molecule has 2 amide bonds. The molecule has 0 aromatic heterocycles. The SMILES string of the molecule is CC(C(=O)N[C@H]1N=C(c2ccccc2)c2ccccc2N(C)C1=O)C(=O)c1ccc(Cl)c(Cl)c1. The van der Waals surface area contributed by atoms with E-state index in [-0.39, 0.29) is 10.6 Å². The first-order valence-electron chi connectivity index (χ1n) is 10.6. The van der Waals surface area contributed by atoms with Crippen LogP contribution in [-0.4, -0.2) is 36.5 Å². The van der Waals surface area contributed by atoms with Crippen LogP contribution in [0.15, 0.2) is 77.8 Å². The zero-order chi connectivity index (χ0) is 24.4. The second-order valence-electron chi connectivity index (χ2n) is 7.88. The van der Waals surface area contributed by atoms with E-state index >= 15 is 0 Å². The standard InChI is InChI=1S/C26H21Cl2N3O3/c1-15(23(32)17-12-13-19(27)20(28)14-17)25(33)30-24-26(34)31(2)21-11-7-6-10-18(21)22(29-24)16-8-4-3-5-9-16/h3-15,24H,1-2H3,(H,30,33)/t15?,24-/m1/s1. The van der Waals surface area contributed by atoms with Gasteiger partial charge < -0.3 is 10.2 Å². The quantitative estimate of drug-likeness (QED) is 0.410. The van der Waals surface area contributed by atoms with Gasteiger partial charge in [-0.3, -0.25) is 14.4 Å². The monoisotopic (exact) mass is 493 g/mol. The highest BCUT2D eigenvalue weighted by atomic mass is 35.5. The highest BCUT2D eigenvalue weighted by Crippen LogP contribution is 2.27. The first-order chi connectivity index (χ1) is 16.3. The molecule has 1 aliphatic rings. The fourth-order valence-electron chi connectivity index (χ4n) is 3.72. The molecule has 1 N–H and O–H groups in total. The molecule has 0 radical (unpaired) electrons. The highest BCUT2D eigenvalue weighted by Gasteiger charge is 2.33. The molecule has 0 aliphatic carbocycles. The fraction of sp³-hybridized carbons (Fsp3) is 0.154. The van der Waals surface area contributed by atoms with Crippen LogP contribution in [0, 0.1) is 5.92 Å². The topological polar surface area (TPSA) is 78.8 Å². The van der Waals surface area contributed by atoms with Crippen molar-refractivity contribution in [3.63, 3.8) is 0 Å². The molecule has 172 valence electrons. The predicted octanol–water partition coefficient (Wildman–Crippen LogP) is 4.77. The Bertz CT molecular complexity index is 1310. The fourth-order valence-corrected chi connectivity index (χ4v) is 4.02. The molecule has 6 nitrogen and oxygen atoms in total. The summed E-state index contributed by atoms with van der Waals surface area (Å²) in [6, 6.07) is 21.3. The summed E-state index contributed by atoms with van der Waals surface area (Å²) in [6.45, 7) is 1.47. The number of aliphatic imine (C=N–C) groups is 1. The van der Waals surface area contributed by atoms with E-state index in [0.717, 1.165) is 11.1 Å². The van der Waals surface area contributed by atoms with Crippen molar-refractivity contribution in [3.05, 3.63) is 99.5 Å². The van der Waals surface area contributed by atoms with Crippen molar-refractivity contribution in [2.75, 3.05) is 11.9 Å². The van der Waals surface area contributed by atoms with Gasteiger partial charge in [0.2, 0.25) is 12.1 Å². The van der Waals surface area contributed by atoms with Gasteiger partial charge >= 0.3 is 0 Å². The van der Waals surface area contributed by atoms with E-state index in [9.17, 15) is 14.4 Å². The van der Waals surface area contributed by atoms with Gasteiger partial charge in [0.25, 0.3) is 5.91 Å². The number of benzene rings is 3. The maximum Gasteiger partial charge on any atom is 0.272 e. The van der Waals surface area contributed by atoms with E-state index in [1.54, 1.807) is 7.05 Å². The minimum Gasteiger partial charge on any atom is -0.326 e. The Labute approximate surface area is 207 Å². The second kappa shape index (κ2) is 9.79. The smallest absolute Gasteiger partial charge is 0.272 e. The van der Waals surface area contributed by atoms with Crippen LogP contribution in [0.5, 0.6) is 0 Å². The summed E-state index contributed by atoms with van der Waals surface area (Å²) in [7, 11) is 1.63. The molecular formula is C26H21Cl2N3O3. The van der Waals surface area contributed by atoms with E-state index < -0.39 is 29.7 Å². The molecule has 0 spiro atoms. The molecule has 3 aromatic rings. The van der Waals surface area contributed by atoms with Gasteiger partial charge in [-0.1, -0.05) is 71.7 Å². The lowest BCUT2D eigenvalue weighted by molar-refractivity contribution is -0.128. The summed E-state index contributed by atoms with van der Waals surface area (Å²) in [5, 5.41) is 3.18. The molecule has 1 aliphatic heterocycles. The molecule has 0 saturated heterocycles. The number of carbonyl (C=O) groups excluding carboxylic acids is 3. The molecule has 3 aromatic carbocycles. The van der Waals surface area contributed by atoms with Crippen molar-refractivity contribution in [1.82, 2.24) is 5.32 Å². The maximum atomic E-state index is 13.3. The van der Waals surface area contributed by atoms with Crippen LogP contribution in [0.1, 0.15) is 28.4 Å². The molecule has 8 heteroatoms. The Morgan fingerprint density at radius 2 is 1.65 bits per heavy atom. The zero-order valence-corrected chi connectivity index (χ0v) is 20.0. The number of Topliss-reactive ketones (excluding diaryl/α,β-unsaturated/α-hetero) is 1. The molecule has 34 heavy (non-hydrogen) atoms. The van der Waals surface area contributed by atoms with Crippen LogP contribution in [-0.2, 0) is 9.59 Å². The number of amides is 2. The lowest BCUT2D eigenvalue weighted by Crippen LogP contribution is -2.48. The van der Waals surface area contributed by atoms with Crippen molar-refractivity contribution in [2.24, 2.45) is 10.9 Å². The van der Waals surface area contributed by atoms with Crippen molar-refractivity contribution in [1.29, 1.82) is 0 Å². The Balaban J connectivity index is 1.66. The lowest BCUT2D eigenvalue weighted by Gasteiger charge is -2.21. The van der Waals surface area contributed by atoms with Crippen LogP contribution in [0.2, 0.25) is 10.0 Å².